The summed E-state index contributed by atoms with van der Waals surface area (Å²) in [5, 5.41) is 28.8. The van der Waals surface area contributed by atoms with E-state index in [2.05, 4.69) is 5.32 Å². The van der Waals surface area contributed by atoms with Gasteiger partial charge in [-0.05, 0) is 12.8 Å². The van der Waals surface area contributed by atoms with E-state index in [4.69, 9.17) is 10.2 Å². The van der Waals surface area contributed by atoms with Crippen molar-refractivity contribution in [2.24, 2.45) is 5.41 Å². The topological polar surface area (TPSA) is 107 Å². The van der Waals surface area contributed by atoms with Crippen LogP contribution in [-0.4, -0.2) is 39.9 Å². The second-order valence-corrected chi connectivity index (χ2v) is 3.60. The Morgan fingerprint density at radius 2 is 2.07 bits per heavy atom. The minimum absolute atomic E-state index is 0.246. The van der Waals surface area contributed by atoms with Crippen molar-refractivity contribution >= 4 is 11.9 Å². The first kappa shape index (κ1) is 11.7. The molecule has 1 aliphatic carbocycles. The highest BCUT2D eigenvalue weighted by Crippen LogP contribution is 2.48. The molecule has 84 valence electrons. The highest BCUT2D eigenvalue weighted by atomic mass is 16.4. The SMILES string of the molecule is O=C(O)C=CNC(=O)[C@@H](O)C1(CO)CC1. The van der Waals surface area contributed by atoms with Crippen molar-refractivity contribution in [1.29, 1.82) is 0 Å². The number of carboxylic acid groups (broad SMARTS) is 1. The molecule has 15 heavy (non-hydrogen) atoms. The second kappa shape index (κ2) is 4.41. The summed E-state index contributed by atoms with van der Waals surface area (Å²) < 4.78 is 0. The maximum Gasteiger partial charge on any atom is 0.329 e. The third-order valence-electron chi connectivity index (χ3n) is 2.49. The lowest BCUT2D eigenvalue weighted by atomic mass is 10.00. The maximum atomic E-state index is 11.3. The summed E-state index contributed by atoms with van der Waals surface area (Å²) in [6.07, 6.45) is 1.60. The molecule has 0 heterocycles. The summed E-state index contributed by atoms with van der Waals surface area (Å²) in [6.45, 7) is -0.246. The number of hydrogen-bond acceptors (Lipinski definition) is 4. The van der Waals surface area contributed by atoms with E-state index in [9.17, 15) is 14.7 Å². The lowest BCUT2D eigenvalue weighted by Crippen LogP contribution is -2.39. The zero-order valence-electron chi connectivity index (χ0n) is 8.01. The molecule has 0 radical (unpaired) electrons. The lowest BCUT2D eigenvalue weighted by Gasteiger charge is -2.17. The van der Waals surface area contributed by atoms with E-state index in [1.165, 1.54) is 0 Å². The van der Waals surface area contributed by atoms with Gasteiger partial charge >= 0.3 is 5.97 Å². The van der Waals surface area contributed by atoms with Crippen LogP contribution in [0.2, 0.25) is 0 Å². The Hall–Kier alpha value is -1.40. The van der Waals surface area contributed by atoms with Gasteiger partial charge in [0.2, 0.25) is 0 Å². The average Bonchev–Trinajstić information content (AvgIpc) is 2.96. The number of aliphatic carboxylic acids is 1. The van der Waals surface area contributed by atoms with Gasteiger partial charge in [0.25, 0.3) is 5.91 Å². The van der Waals surface area contributed by atoms with E-state index in [1.54, 1.807) is 0 Å². The van der Waals surface area contributed by atoms with Gasteiger partial charge in [-0.1, -0.05) is 0 Å². The Bertz CT molecular complexity index is 295. The molecule has 0 bridgehead atoms. The van der Waals surface area contributed by atoms with E-state index < -0.39 is 23.4 Å². The van der Waals surface area contributed by atoms with Gasteiger partial charge in [-0.25, -0.2) is 4.79 Å². The molecular weight excluding hydrogens is 202 g/mol. The molecule has 1 rings (SSSR count). The average molecular weight is 215 g/mol. The number of aliphatic hydroxyl groups is 2. The van der Waals surface area contributed by atoms with E-state index in [1.807, 2.05) is 0 Å². The van der Waals surface area contributed by atoms with Crippen molar-refractivity contribution < 1.29 is 24.9 Å². The summed E-state index contributed by atoms with van der Waals surface area (Å²) >= 11 is 0. The molecule has 0 unspecified atom stereocenters. The number of nitrogens with one attached hydrogen (secondary N) is 1. The number of amides is 1. The summed E-state index contributed by atoms with van der Waals surface area (Å²) in [5.41, 5.74) is -0.721. The van der Waals surface area contributed by atoms with Gasteiger partial charge in [-0.15, -0.1) is 0 Å². The predicted octanol–water partition coefficient (Wildman–Crippen LogP) is -1.17. The molecule has 1 aliphatic rings. The Morgan fingerprint density at radius 3 is 2.47 bits per heavy atom. The van der Waals surface area contributed by atoms with Gasteiger partial charge in [-0.3, -0.25) is 4.79 Å². The minimum Gasteiger partial charge on any atom is -0.478 e. The van der Waals surface area contributed by atoms with Crippen molar-refractivity contribution in [3.63, 3.8) is 0 Å². The molecule has 0 aromatic carbocycles. The number of aliphatic hydroxyl groups excluding tert-OH is 2. The van der Waals surface area contributed by atoms with Crippen LogP contribution in [0.4, 0.5) is 0 Å². The van der Waals surface area contributed by atoms with Crippen molar-refractivity contribution in [1.82, 2.24) is 5.32 Å². The minimum atomic E-state index is -1.29. The van der Waals surface area contributed by atoms with Crippen molar-refractivity contribution in [3.05, 3.63) is 12.3 Å². The van der Waals surface area contributed by atoms with E-state index in [-0.39, 0.29) is 6.61 Å². The highest BCUT2D eigenvalue weighted by molar-refractivity contribution is 5.85. The number of hydrogen-bond donors (Lipinski definition) is 4. The van der Waals surface area contributed by atoms with Gasteiger partial charge in [0.05, 0.1) is 6.61 Å². The Balaban J connectivity index is 2.44. The van der Waals surface area contributed by atoms with E-state index in [0.717, 1.165) is 12.3 Å². The fourth-order valence-electron chi connectivity index (χ4n) is 1.23. The van der Waals surface area contributed by atoms with Crippen LogP contribution in [0, 0.1) is 5.41 Å². The zero-order valence-corrected chi connectivity index (χ0v) is 8.01. The predicted molar refractivity (Wildman–Crippen MR) is 49.7 cm³/mol. The van der Waals surface area contributed by atoms with Crippen LogP contribution < -0.4 is 5.32 Å². The monoisotopic (exact) mass is 215 g/mol. The molecule has 1 amide bonds. The zero-order chi connectivity index (χ0) is 11.5. The molecule has 1 atom stereocenters. The van der Waals surface area contributed by atoms with Crippen LogP contribution in [0.1, 0.15) is 12.8 Å². The van der Waals surface area contributed by atoms with Crippen LogP contribution in [0.15, 0.2) is 12.3 Å². The normalized spacial score (nSPS) is 19.9. The quantitative estimate of drug-likeness (QED) is 0.432. The number of rotatable bonds is 5. The molecule has 6 heteroatoms. The first-order chi connectivity index (χ1) is 7.02. The second-order valence-electron chi connectivity index (χ2n) is 3.60. The fraction of sp³-hybridized carbons (Fsp3) is 0.556. The largest absolute Gasteiger partial charge is 0.478 e. The molecule has 0 saturated heterocycles. The molecule has 0 aromatic rings. The number of carbonyl (C=O) groups excluding carboxylic acids is 1. The standard InChI is InChI=1S/C9H13NO5/c11-5-9(2-3-9)7(14)8(15)10-4-1-6(12)13/h1,4,7,11,14H,2-3,5H2,(H,10,15)(H,12,13)/t7-/m1/s1. The van der Waals surface area contributed by atoms with Crippen LogP contribution in [-0.2, 0) is 9.59 Å². The molecule has 6 nitrogen and oxygen atoms in total. The first-order valence-corrected chi connectivity index (χ1v) is 4.50. The Kier molecular flexibility index (Phi) is 3.43. The molecule has 1 saturated carbocycles. The summed E-state index contributed by atoms with van der Waals surface area (Å²) in [4.78, 5) is 21.3. The number of carboxylic acids is 1. The third kappa shape index (κ3) is 2.77. The number of carbonyl (C=O) groups is 2. The van der Waals surface area contributed by atoms with Gasteiger partial charge in [0.15, 0.2) is 0 Å². The first-order valence-electron chi connectivity index (χ1n) is 4.50. The molecule has 0 spiro atoms. The van der Waals surface area contributed by atoms with Gasteiger partial charge in [-0.2, -0.15) is 0 Å². The van der Waals surface area contributed by atoms with Crippen LogP contribution in [0.5, 0.6) is 0 Å². The summed E-state index contributed by atoms with van der Waals surface area (Å²) in [7, 11) is 0. The van der Waals surface area contributed by atoms with E-state index in [0.29, 0.717) is 12.8 Å². The van der Waals surface area contributed by atoms with Crippen LogP contribution in [0.25, 0.3) is 0 Å². The van der Waals surface area contributed by atoms with Crippen molar-refractivity contribution in [3.8, 4) is 0 Å². The molecular formula is C9H13NO5. The van der Waals surface area contributed by atoms with Gasteiger partial charge in [0.1, 0.15) is 6.10 Å². The van der Waals surface area contributed by atoms with Gasteiger partial charge < -0.3 is 20.6 Å². The fourth-order valence-corrected chi connectivity index (χ4v) is 1.23. The summed E-state index contributed by atoms with van der Waals surface area (Å²) in [6, 6.07) is 0. The molecule has 1 fully saturated rings. The molecule has 4 N–H and O–H groups in total. The summed E-state index contributed by atoms with van der Waals surface area (Å²) in [5.74, 6) is -1.88. The third-order valence-corrected chi connectivity index (χ3v) is 2.49. The van der Waals surface area contributed by atoms with Crippen molar-refractivity contribution in [2.75, 3.05) is 6.61 Å². The lowest BCUT2D eigenvalue weighted by molar-refractivity contribution is -0.133. The highest BCUT2D eigenvalue weighted by Gasteiger charge is 2.51. The molecule has 0 aromatic heterocycles. The van der Waals surface area contributed by atoms with E-state index >= 15 is 0 Å². The maximum absolute atomic E-state index is 11.3. The van der Waals surface area contributed by atoms with Gasteiger partial charge in [0, 0.05) is 17.7 Å². The molecule has 0 aliphatic heterocycles. The van der Waals surface area contributed by atoms with Crippen molar-refractivity contribution in [2.45, 2.75) is 18.9 Å². The van der Waals surface area contributed by atoms with Crippen LogP contribution >= 0.6 is 0 Å². The Labute approximate surface area is 86.2 Å². The Morgan fingerprint density at radius 1 is 1.47 bits per heavy atom. The van der Waals surface area contributed by atoms with Crippen LogP contribution in [0.3, 0.4) is 0 Å². The smallest absolute Gasteiger partial charge is 0.329 e.